The van der Waals surface area contributed by atoms with E-state index in [9.17, 15) is 9.18 Å². The summed E-state index contributed by atoms with van der Waals surface area (Å²) in [5.41, 5.74) is 0.646. The third-order valence-electron chi connectivity index (χ3n) is 4.07. The Morgan fingerprint density at radius 3 is 2.70 bits per heavy atom. The lowest BCUT2D eigenvalue weighted by atomic mass is 9.95. The summed E-state index contributed by atoms with van der Waals surface area (Å²) >= 11 is 0. The molecule has 1 aromatic carbocycles. The van der Waals surface area contributed by atoms with E-state index in [-0.39, 0.29) is 11.8 Å². The van der Waals surface area contributed by atoms with Gasteiger partial charge in [-0.3, -0.25) is 0 Å². The first-order valence-electron chi connectivity index (χ1n) is 7.42. The van der Waals surface area contributed by atoms with Gasteiger partial charge in [-0.25, -0.2) is 9.18 Å². The summed E-state index contributed by atoms with van der Waals surface area (Å²) < 4.78 is 13.4. The molecule has 2 rings (SSSR count). The summed E-state index contributed by atoms with van der Waals surface area (Å²) in [5, 5.41) is 2.88. The van der Waals surface area contributed by atoms with Crippen molar-refractivity contribution in [2.24, 2.45) is 0 Å². The lowest BCUT2D eigenvalue weighted by molar-refractivity contribution is 0.174. The molecule has 2 amide bonds. The molecule has 20 heavy (non-hydrogen) atoms. The fourth-order valence-electron chi connectivity index (χ4n) is 2.76. The molecule has 0 heterocycles. The third-order valence-corrected chi connectivity index (χ3v) is 4.07. The number of amides is 2. The fraction of sp³-hybridized carbons (Fsp3) is 0.562. The zero-order chi connectivity index (χ0) is 14.4. The second-order valence-electron chi connectivity index (χ2n) is 5.48. The Labute approximate surface area is 120 Å². The Morgan fingerprint density at radius 1 is 1.30 bits per heavy atom. The van der Waals surface area contributed by atoms with Gasteiger partial charge in [-0.1, -0.05) is 37.5 Å². The van der Waals surface area contributed by atoms with Crippen LogP contribution in [0.2, 0.25) is 0 Å². The zero-order valence-corrected chi connectivity index (χ0v) is 12.1. The highest BCUT2D eigenvalue weighted by molar-refractivity contribution is 5.74. The first kappa shape index (κ1) is 14.8. The van der Waals surface area contributed by atoms with Crippen LogP contribution in [0.5, 0.6) is 0 Å². The third kappa shape index (κ3) is 3.95. The van der Waals surface area contributed by atoms with E-state index in [0.29, 0.717) is 24.6 Å². The molecule has 1 aromatic rings. The van der Waals surface area contributed by atoms with E-state index >= 15 is 0 Å². The molecule has 0 aromatic heterocycles. The minimum Gasteiger partial charge on any atom is -0.338 e. The zero-order valence-electron chi connectivity index (χ0n) is 12.1. The van der Waals surface area contributed by atoms with E-state index in [4.69, 9.17) is 0 Å². The van der Waals surface area contributed by atoms with Crippen molar-refractivity contribution in [3.05, 3.63) is 35.6 Å². The van der Waals surface area contributed by atoms with Crippen molar-refractivity contribution in [1.82, 2.24) is 10.2 Å². The van der Waals surface area contributed by atoms with Crippen LogP contribution in [0.4, 0.5) is 9.18 Å². The van der Waals surface area contributed by atoms with Crippen molar-refractivity contribution in [3.63, 3.8) is 0 Å². The van der Waals surface area contributed by atoms with Crippen LogP contribution < -0.4 is 5.32 Å². The smallest absolute Gasteiger partial charge is 0.317 e. The minimum absolute atomic E-state index is 0.0479. The number of rotatable bonds is 4. The normalized spacial score (nSPS) is 15.9. The van der Waals surface area contributed by atoms with E-state index in [1.54, 1.807) is 17.0 Å². The Hall–Kier alpha value is -1.58. The first-order valence-corrected chi connectivity index (χ1v) is 7.42. The monoisotopic (exact) mass is 278 g/mol. The largest absolute Gasteiger partial charge is 0.338 e. The molecule has 0 aliphatic heterocycles. The van der Waals surface area contributed by atoms with Crippen LogP contribution in [0.15, 0.2) is 24.3 Å². The number of carbonyl (C=O) groups excluding carboxylic acids is 1. The summed E-state index contributed by atoms with van der Waals surface area (Å²) in [7, 11) is 1.86. The van der Waals surface area contributed by atoms with Gasteiger partial charge in [0.15, 0.2) is 0 Å². The Balaban J connectivity index is 1.76. The molecular weight excluding hydrogens is 255 g/mol. The number of nitrogens with one attached hydrogen (secondary N) is 1. The molecule has 1 saturated carbocycles. The molecule has 0 radical (unpaired) electrons. The van der Waals surface area contributed by atoms with Crippen molar-refractivity contribution >= 4 is 6.03 Å². The highest BCUT2D eigenvalue weighted by Gasteiger charge is 2.21. The predicted octanol–water partition coefficient (Wildman–Crippen LogP) is 3.34. The van der Waals surface area contributed by atoms with Gasteiger partial charge in [0.1, 0.15) is 5.82 Å². The lowest BCUT2D eigenvalue weighted by Crippen LogP contribution is -2.44. The van der Waals surface area contributed by atoms with E-state index in [0.717, 1.165) is 12.8 Å². The molecule has 1 fully saturated rings. The summed E-state index contributed by atoms with van der Waals surface area (Å²) in [5.74, 6) is -0.206. The average Bonchev–Trinajstić information content (AvgIpc) is 2.49. The van der Waals surface area contributed by atoms with E-state index in [1.165, 1.54) is 25.3 Å². The van der Waals surface area contributed by atoms with Crippen LogP contribution >= 0.6 is 0 Å². The Kier molecular flexibility index (Phi) is 5.39. The first-order chi connectivity index (χ1) is 9.68. The molecule has 1 aliphatic rings. The highest BCUT2D eigenvalue weighted by atomic mass is 19.1. The van der Waals surface area contributed by atoms with Gasteiger partial charge in [0.2, 0.25) is 0 Å². The molecule has 0 saturated heterocycles. The SMILES string of the molecule is CN(C(=O)NCCc1ccccc1F)C1CCCCC1. The maximum absolute atomic E-state index is 13.4. The molecule has 0 unspecified atom stereocenters. The quantitative estimate of drug-likeness (QED) is 0.900. The number of halogens is 1. The predicted molar refractivity (Wildman–Crippen MR) is 78.1 cm³/mol. The van der Waals surface area contributed by atoms with Gasteiger partial charge in [-0.05, 0) is 30.9 Å². The van der Waals surface area contributed by atoms with Gasteiger partial charge < -0.3 is 10.2 Å². The number of urea groups is 1. The number of carbonyl (C=O) groups is 1. The number of benzene rings is 1. The Morgan fingerprint density at radius 2 is 2.00 bits per heavy atom. The standard InChI is InChI=1S/C16H23FN2O/c1-19(14-8-3-2-4-9-14)16(20)18-12-11-13-7-5-6-10-15(13)17/h5-7,10,14H,2-4,8-9,11-12H2,1H3,(H,18,20). The number of hydrogen-bond donors (Lipinski definition) is 1. The maximum atomic E-state index is 13.4. The van der Waals surface area contributed by atoms with E-state index in [1.807, 2.05) is 13.1 Å². The van der Waals surface area contributed by atoms with E-state index in [2.05, 4.69) is 5.32 Å². The van der Waals surface area contributed by atoms with Gasteiger partial charge in [0.05, 0.1) is 0 Å². The summed E-state index contributed by atoms with van der Waals surface area (Å²) in [4.78, 5) is 13.8. The second kappa shape index (κ2) is 7.27. The highest BCUT2D eigenvalue weighted by Crippen LogP contribution is 2.21. The molecule has 110 valence electrons. The van der Waals surface area contributed by atoms with Crippen molar-refractivity contribution in [2.45, 2.75) is 44.6 Å². The molecule has 0 atom stereocenters. The van der Waals surface area contributed by atoms with Gasteiger partial charge in [-0.2, -0.15) is 0 Å². The summed E-state index contributed by atoms with van der Waals surface area (Å²) in [6.07, 6.45) is 6.40. The summed E-state index contributed by atoms with van der Waals surface area (Å²) in [6.45, 7) is 0.469. The average molecular weight is 278 g/mol. The number of hydrogen-bond acceptors (Lipinski definition) is 1. The van der Waals surface area contributed by atoms with Crippen molar-refractivity contribution in [1.29, 1.82) is 0 Å². The van der Waals surface area contributed by atoms with Crippen molar-refractivity contribution in [2.75, 3.05) is 13.6 Å². The van der Waals surface area contributed by atoms with Crippen molar-refractivity contribution < 1.29 is 9.18 Å². The lowest BCUT2D eigenvalue weighted by Gasteiger charge is -2.31. The molecule has 4 heteroatoms. The second-order valence-corrected chi connectivity index (χ2v) is 5.48. The van der Waals surface area contributed by atoms with Crippen LogP contribution in [0.25, 0.3) is 0 Å². The molecule has 0 spiro atoms. The molecule has 0 bridgehead atoms. The van der Waals surface area contributed by atoms with Gasteiger partial charge >= 0.3 is 6.03 Å². The topological polar surface area (TPSA) is 32.3 Å². The van der Waals surface area contributed by atoms with Gasteiger partial charge in [0.25, 0.3) is 0 Å². The maximum Gasteiger partial charge on any atom is 0.317 e. The Bertz CT molecular complexity index is 444. The molecule has 3 nitrogen and oxygen atoms in total. The number of nitrogens with zero attached hydrogens (tertiary/aromatic N) is 1. The van der Waals surface area contributed by atoms with Crippen LogP contribution in [0.3, 0.4) is 0 Å². The molecule has 1 aliphatic carbocycles. The van der Waals surface area contributed by atoms with Crippen LogP contribution in [0, 0.1) is 5.82 Å². The molecular formula is C16H23FN2O. The van der Waals surface area contributed by atoms with Gasteiger partial charge in [0, 0.05) is 19.6 Å². The minimum atomic E-state index is -0.206. The van der Waals surface area contributed by atoms with E-state index < -0.39 is 0 Å². The van der Waals surface area contributed by atoms with Crippen LogP contribution in [-0.2, 0) is 6.42 Å². The van der Waals surface area contributed by atoms with Gasteiger partial charge in [-0.15, -0.1) is 0 Å². The van der Waals surface area contributed by atoms with Crippen LogP contribution in [0.1, 0.15) is 37.7 Å². The van der Waals surface area contributed by atoms with Crippen molar-refractivity contribution in [3.8, 4) is 0 Å². The fourth-order valence-corrected chi connectivity index (χ4v) is 2.76. The van der Waals surface area contributed by atoms with Crippen LogP contribution in [-0.4, -0.2) is 30.6 Å². The summed E-state index contributed by atoms with van der Waals surface area (Å²) in [6, 6.07) is 7.01. The molecule has 1 N–H and O–H groups in total.